The fourth-order valence-electron chi connectivity index (χ4n) is 1.27. The third-order valence-electron chi connectivity index (χ3n) is 2.18. The zero-order valence-electron chi connectivity index (χ0n) is 9.74. The highest BCUT2D eigenvalue weighted by Crippen LogP contribution is 2.18. The van der Waals surface area contributed by atoms with Crippen molar-refractivity contribution in [2.24, 2.45) is 0 Å². The summed E-state index contributed by atoms with van der Waals surface area (Å²) in [5, 5.41) is 0.652. The normalized spacial score (nSPS) is 12.0. The maximum Gasteiger partial charge on any atom is 0.263 e. The largest absolute Gasteiger partial charge is 0.481 e. The van der Waals surface area contributed by atoms with Gasteiger partial charge in [0.1, 0.15) is 5.75 Å². The minimum atomic E-state index is -0.434. The molecule has 1 aromatic carbocycles. The topological polar surface area (TPSA) is 29.5 Å². The second-order valence-corrected chi connectivity index (χ2v) is 4.14. The van der Waals surface area contributed by atoms with Gasteiger partial charge in [-0.15, -0.1) is 0 Å². The number of rotatable bonds is 4. The second kappa shape index (κ2) is 5.75. The first-order valence-corrected chi connectivity index (χ1v) is 5.55. The van der Waals surface area contributed by atoms with E-state index in [1.165, 1.54) is 4.90 Å². The molecule has 0 N–H and O–H groups in total. The maximum atomic E-state index is 11.7. The van der Waals surface area contributed by atoms with Crippen LogP contribution in [-0.2, 0) is 4.79 Å². The van der Waals surface area contributed by atoms with Gasteiger partial charge in [-0.1, -0.05) is 18.5 Å². The zero-order chi connectivity index (χ0) is 12.1. The van der Waals surface area contributed by atoms with E-state index in [9.17, 15) is 4.79 Å². The Morgan fingerprint density at radius 2 is 1.94 bits per heavy atom. The van der Waals surface area contributed by atoms with E-state index in [0.717, 1.165) is 0 Å². The standard InChI is InChI=1S/C12H16ClNO2/c1-4-11(12(15)14(2)3)16-10-7-5-9(13)6-8-10/h5-8,11H,4H2,1-3H3/t11-/m0/s1. The lowest BCUT2D eigenvalue weighted by molar-refractivity contribution is -0.136. The number of halogens is 1. The van der Waals surface area contributed by atoms with E-state index in [0.29, 0.717) is 17.2 Å². The number of hydrogen-bond acceptors (Lipinski definition) is 2. The lowest BCUT2D eigenvalue weighted by Crippen LogP contribution is -2.37. The highest BCUT2D eigenvalue weighted by Gasteiger charge is 2.19. The van der Waals surface area contributed by atoms with Gasteiger partial charge in [0.2, 0.25) is 0 Å². The predicted octanol–water partition coefficient (Wildman–Crippen LogP) is 2.59. The van der Waals surface area contributed by atoms with Gasteiger partial charge in [0.25, 0.3) is 5.91 Å². The number of ether oxygens (including phenoxy) is 1. The fourth-order valence-corrected chi connectivity index (χ4v) is 1.40. The van der Waals surface area contributed by atoms with E-state index in [1.807, 2.05) is 6.92 Å². The van der Waals surface area contributed by atoms with Gasteiger partial charge in [0.15, 0.2) is 6.10 Å². The number of carbonyl (C=O) groups is 1. The van der Waals surface area contributed by atoms with Crippen molar-refractivity contribution in [1.82, 2.24) is 4.90 Å². The van der Waals surface area contributed by atoms with E-state index >= 15 is 0 Å². The summed E-state index contributed by atoms with van der Waals surface area (Å²) >= 11 is 5.76. The molecule has 0 saturated carbocycles. The lowest BCUT2D eigenvalue weighted by Gasteiger charge is -2.20. The molecule has 0 unspecified atom stereocenters. The van der Waals surface area contributed by atoms with Crippen LogP contribution in [0.25, 0.3) is 0 Å². The number of nitrogens with zero attached hydrogens (tertiary/aromatic N) is 1. The quantitative estimate of drug-likeness (QED) is 0.811. The molecule has 88 valence electrons. The minimum absolute atomic E-state index is 0.0301. The molecule has 0 bridgehead atoms. The molecule has 0 aliphatic carbocycles. The Morgan fingerprint density at radius 1 is 1.38 bits per heavy atom. The van der Waals surface area contributed by atoms with Crippen molar-refractivity contribution in [3.63, 3.8) is 0 Å². The highest BCUT2D eigenvalue weighted by molar-refractivity contribution is 6.30. The Kier molecular flexibility index (Phi) is 4.62. The molecular formula is C12H16ClNO2. The summed E-state index contributed by atoms with van der Waals surface area (Å²) in [6.45, 7) is 1.92. The molecule has 0 fully saturated rings. The molecule has 0 radical (unpaired) electrons. The SMILES string of the molecule is CC[C@H](Oc1ccc(Cl)cc1)C(=O)N(C)C. The summed E-state index contributed by atoms with van der Waals surface area (Å²) in [6, 6.07) is 7.00. The van der Waals surface area contributed by atoms with Crippen LogP contribution in [0.3, 0.4) is 0 Å². The van der Waals surface area contributed by atoms with Crippen LogP contribution >= 0.6 is 11.6 Å². The van der Waals surface area contributed by atoms with Crippen molar-refractivity contribution in [1.29, 1.82) is 0 Å². The van der Waals surface area contributed by atoms with Crippen LogP contribution in [0.15, 0.2) is 24.3 Å². The molecule has 3 nitrogen and oxygen atoms in total. The molecule has 0 spiro atoms. The van der Waals surface area contributed by atoms with Gasteiger partial charge in [-0.05, 0) is 30.7 Å². The zero-order valence-corrected chi connectivity index (χ0v) is 10.5. The smallest absolute Gasteiger partial charge is 0.263 e. The number of carbonyl (C=O) groups excluding carboxylic acids is 1. The number of hydrogen-bond donors (Lipinski definition) is 0. The van der Waals surface area contributed by atoms with Gasteiger partial charge in [-0.3, -0.25) is 4.79 Å². The third kappa shape index (κ3) is 3.42. The van der Waals surface area contributed by atoms with Crippen molar-refractivity contribution in [2.45, 2.75) is 19.4 Å². The molecule has 0 heterocycles. The van der Waals surface area contributed by atoms with Crippen LogP contribution in [0.2, 0.25) is 5.02 Å². The fraction of sp³-hybridized carbons (Fsp3) is 0.417. The first kappa shape index (κ1) is 12.8. The molecule has 1 atom stereocenters. The van der Waals surface area contributed by atoms with Crippen molar-refractivity contribution in [3.05, 3.63) is 29.3 Å². The van der Waals surface area contributed by atoms with Crippen LogP contribution in [0.1, 0.15) is 13.3 Å². The monoisotopic (exact) mass is 241 g/mol. The maximum absolute atomic E-state index is 11.7. The number of likely N-dealkylation sites (N-methyl/N-ethyl adjacent to an activating group) is 1. The van der Waals surface area contributed by atoms with Crippen molar-refractivity contribution < 1.29 is 9.53 Å². The van der Waals surface area contributed by atoms with Gasteiger partial charge in [0.05, 0.1) is 0 Å². The Morgan fingerprint density at radius 3 is 2.38 bits per heavy atom. The molecule has 0 aliphatic heterocycles. The Hall–Kier alpha value is -1.22. The van der Waals surface area contributed by atoms with Crippen LogP contribution in [0.4, 0.5) is 0 Å². The average Bonchev–Trinajstić information content (AvgIpc) is 2.27. The Balaban J connectivity index is 2.70. The van der Waals surface area contributed by atoms with Crippen LogP contribution in [-0.4, -0.2) is 31.0 Å². The predicted molar refractivity (Wildman–Crippen MR) is 64.9 cm³/mol. The Labute approximate surface area is 101 Å². The van der Waals surface area contributed by atoms with Crippen LogP contribution in [0, 0.1) is 0 Å². The van der Waals surface area contributed by atoms with Crippen molar-refractivity contribution in [3.8, 4) is 5.75 Å². The van der Waals surface area contributed by atoms with Crippen LogP contribution < -0.4 is 4.74 Å². The molecular weight excluding hydrogens is 226 g/mol. The van der Waals surface area contributed by atoms with Gasteiger partial charge < -0.3 is 9.64 Å². The lowest BCUT2D eigenvalue weighted by atomic mass is 10.2. The first-order chi connectivity index (χ1) is 7.54. The number of amides is 1. The summed E-state index contributed by atoms with van der Waals surface area (Å²) in [4.78, 5) is 13.3. The van der Waals surface area contributed by atoms with Gasteiger partial charge in [-0.2, -0.15) is 0 Å². The summed E-state index contributed by atoms with van der Waals surface area (Å²) < 4.78 is 5.59. The molecule has 1 aromatic rings. The van der Waals surface area contributed by atoms with Crippen LogP contribution in [0.5, 0.6) is 5.75 Å². The van der Waals surface area contributed by atoms with Crippen molar-refractivity contribution in [2.75, 3.05) is 14.1 Å². The second-order valence-electron chi connectivity index (χ2n) is 3.70. The van der Waals surface area contributed by atoms with Gasteiger partial charge >= 0.3 is 0 Å². The summed E-state index contributed by atoms with van der Waals surface area (Å²) in [7, 11) is 3.44. The van der Waals surface area contributed by atoms with Crippen molar-refractivity contribution >= 4 is 17.5 Å². The van der Waals surface area contributed by atoms with Gasteiger partial charge in [-0.25, -0.2) is 0 Å². The molecule has 16 heavy (non-hydrogen) atoms. The number of benzene rings is 1. The van der Waals surface area contributed by atoms with Gasteiger partial charge in [0, 0.05) is 19.1 Å². The summed E-state index contributed by atoms with van der Waals surface area (Å²) in [6.07, 6.45) is 0.204. The summed E-state index contributed by atoms with van der Waals surface area (Å²) in [5.74, 6) is 0.629. The van der Waals surface area contributed by atoms with E-state index in [-0.39, 0.29) is 5.91 Å². The molecule has 1 amide bonds. The molecule has 4 heteroatoms. The summed E-state index contributed by atoms with van der Waals surface area (Å²) in [5.41, 5.74) is 0. The molecule has 0 aliphatic rings. The van der Waals surface area contributed by atoms with E-state index in [4.69, 9.17) is 16.3 Å². The molecule has 0 aromatic heterocycles. The highest BCUT2D eigenvalue weighted by atomic mass is 35.5. The van der Waals surface area contributed by atoms with E-state index < -0.39 is 6.10 Å². The molecule has 0 saturated heterocycles. The minimum Gasteiger partial charge on any atom is -0.481 e. The Bertz CT molecular complexity index is 349. The first-order valence-electron chi connectivity index (χ1n) is 5.18. The average molecular weight is 242 g/mol. The third-order valence-corrected chi connectivity index (χ3v) is 2.43. The molecule has 1 rings (SSSR count). The van der Waals surface area contributed by atoms with E-state index in [1.54, 1.807) is 38.4 Å². The van der Waals surface area contributed by atoms with E-state index in [2.05, 4.69) is 0 Å².